The standard InChI is InChI=1S/C10H13NO4/c1-2-8-6-4-3-5-7(9(12)13)11(6)10(14)15-8/h3,5-8H,2,4H2,1H3,(H,12,13)/t6-,7?,8-/m0/s1. The third-order valence-corrected chi connectivity index (χ3v) is 2.90. The molecule has 0 bridgehead atoms. The van der Waals surface area contributed by atoms with E-state index in [9.17, 15) is 9.59 Å². The van der Waals surface area contributed by atoms with E-state index in [1.54, 1.807) is 0 Å². The van der Waals surface area contributed by atoms with E-state index in [4.69, 9.17) is 9.84 Å². The minimum absolute atomic E-state index is 0.117. The molecule has 0 aromatic carbocycles. The number of cyclic esters (lactones) is 1. The summed E-state index contributed by atoms with van der Waals surface area (Å²) in [6, 6.07) is -0.985. The molecule has 1 saturated heterocycles. The van der Waals surface area contributed by atoms with Crippen molar-refractivity contribution in [3.05, 3.63) is 12.2 Å². The number of carboxylic acids is 1. The predicted octanol–water partition coefficient (Wildman–Crippen LogP) is 0.999. The molecule has 1 fully saturated rings. The first-order valence-electron chi connectivity index (χ1n) is 5.03. The monoisotopic (exact) mass is 211 g/mol. The van der Waals surface area contributed by atoms with E-state index in [0.717, 1.165) is 0 Å². The second-order valence-electron chi connectivity index (χ2n) is 3.75. The van der Waals surface area contributed by atoms with Crippen LogP contribution in [-0.4, -0.2) is 40.3 Å². The van der Waals surface area contributed by atoms with Crippen molar-refractivity contribution in [1.82, 2.24) is 4.90 Å². The zero-order valence-corrected chi connectivity index (χ0v) is 8.42. The molecule has 82 valence electrons. The second-order valence-corrected chi connectivity index (χ2v) is 3.75. The average Bonchev–Trinajstić information content (AvgIpc) is 2.55. The number of fused-ring (bicyclic) bond motifs is 1. The van der Waals surface area contributed by atoms with Gasteiger partial charge in [0.1, 0.15) is 6.10 Å². The van der Waals surface area contributed by atoms with Gasteiger partial charge in [-0.3, -0.25) is 4.90 Å². The van der Waals surface area contributed by atoms with E-state index in [1.807, 2.05) is 13.0 Å². The van der Waals surface area contributed by atoms with Crippen LogP contribution < -0.4 is 0 Å². The number of nitrogens with zero attached hydrogens (tertiary/aromatic N) is 1. The molecule has 2 aliphatic heterocycles. The summed E-state index contributed by atoms with van der Waals surface area (Å²) in [4.78, 5) is 23.8. The summed E-state index contributed by atoms with van der Waals surface area (Å²) >= 11 is 0. The molecule has 0 radical (unpaired) electrons. The molecule has 0 aromatic heterocycles. The number of rotatable bonds is 2. The van der Waals surface area contributed by atoms with Crippen molar-refractivity contribution >= 4 is 12.1 Å². The molecule has 15 heavy (non-hydrogen) atoms. The maximum atomic E-state index is 11.5. The number of amides is 1. The highest BCUT2D eigenvalue weighted by atomic mass is 16.6. The van der Waals surface area contributed by atoms with E-state index in [-0.39, 0.29) is 12.1 Å². The Morgan fingerprint density at radius 3 is 3.07 bits per heavy atom. The fraction of sp³-hybridized carbons (Fsp3) is 0.600. The summed E-state index contributed by atoms with van der Waals surface area (Å²) in [7, 11) is 0. The van der Waals surface area contributed by atoms with Crippen LogP contribution in [-0.2, 0) is 9.53 Å². The third kappa shape index (κ3) is 1.48. The molecular weight excluding hydrogens is 198 g/mol. The van der Waals surface area contributed by atoms with Gasteiger partial charge in [0, 0.05) is 0 Å². The highest BCUT2D eigenvalue weighted by Gasteiger charge is 2.46. The molecule has 0 aromatic rings. The fourth-order valence-electron chi connectivity index (χ4n) is 2.16. The van der Waals surface area contributed by atoms with Gasteiger partial charge < -0.3 is 9.84 Å². The van der Waals surface area contributed by atoms with E-state index in [2.05, 4.69) is 0 Å². The van der Waals surface area contributed by atoms with Crippen LogP contribution in [0, 0.1) is 0 Å². The van der Waals surface area contributed by atoms with Crippen LogP contribution in [0.4, 0.5) is 4.79 Å². The van der Waals surface area contributed by atoms with Crippen molar-refractivity contribution < 1.29 is 19.4 Å². The van der Waals surface area contributed by atoms with Gasteiger partial charge in [-0.05, 0) is 12.8 Å². The number of carbonyl (C=O) groups excluding carboxylic acids is 1. The quantitative estimate of drug-likeness (QED) is 0.692. The van der Waals surface area contributed by atoms with E-state index >= 15 is 0 Å². The van der Waals surface area contributed by atoms with Crippen LogP contribution in [0.5, 0.6) is 0 Å². The third-order valence-electron chi connectivity index (χ3n) is 2.90. The average molecular weight is 211 g/mol. The lowest BCUT2D eigenvalue weighted by atomic mass is 9.98. The van der Waals surface area contributed by atoms with Crippen LogP contribution in [0.2, 0.25) is 0 Å². The second kappa shape index (κ2) is 3.56. The summed E-state index contributed by atoms with van der Waals surface area (Å²) in [5, 5.41) is 8.96. The zero-order valence-electron chi connectivity index (χ0n) is 8.42. The molecular formula is C10H13NO4. The molecule has 2 aliphatic rings. The Kier molecular flexibility index (Phi) is 2.38. The maximum Gasteiger partial charge on any atom is 0.411 e. The molecule has 3 atom stereocenters. The van der Waals surface area contributed by atoms with Crippen LogP contribution >= 0.6 is 0 Å². The first-order chi connectivity index (χ1) is 7.15. The molecule has 1 amide bonds. The van der Waals surface area contributed by atoms with E-state index < -0.39 is 18.1 Å². The lowest BCUT2D eigenvalue weighted by Gasteiger charge is -2.30. The van der Waals surface area contributed by atoms with Crippen LogP contribution in [0.15, 0.2) is 12.2 Å². The van der Waals surface area contributed by atoms with Crippen molar-refractivity contribution in [3.8, 4) is 0 Å². The highest BCUT2D eigenvalue weighted by Crippen LogP contribution is 2.30. The lowest BCUT2D eigenvalue weighted by Crippen LogP contribution is -2.48. The molecule has 2 heterocycles. The number of hydrogen-bond acceptors (Lipinski definition) is 3. The van der Waals surface area contributed by atoms with E-state index in [0.29, 0.717) is 12.8 Å². The molecule has 0 saturated carbocycles. The van der Waals surface area contributed by atoms with Crippen LogP contribution in [0.3, 0.4) is 0 Å². The van der Waals surface area contributed by atoms with Crippen LogP contribution in [0.25, 0.3) is 0 Å². The zero-order chi connectivity index (χ0) is 11.0. The summed E-state index contributed by atoms with van der Waals surface area (Å²) in [5.41, 5.74) is 0. The molecule has 1 N–H and O–H groups in total. The summed E-state index contributed by atoms with van der Waals surface area (Å²) in [6.45, 7) is 1.93. The Morgan fingerprint density at radius 1 is 1.73 bits per heavy atom. The van der Waals surface area contributed by atoms with Crippen molar-refractivity contribution in [1.29, 1.82) is 0 Å². The SMILES string of the molecule is CC[C@@H]1OC(=O)N2C(C(=O)O)C=CC[C@@H]12. The number of aliphatic carboxylic acids is 1. The van der Waals surface area contributed by atoms with Crippen molar-refractivity contribution in [2.75, 3.05) is 0 Å². The largest absolute Gasteiger partial charge is 0.479 e. The highest BCUT2D eigenvalue weighted by molar-refractivity contribution is 5.83. The van der Waals surface area contributed by atoms with Gasteiger partial charge in [0.15, 0.2) is 6.04 Å². The topological polar surface area (TPSA) is 66.8 Å². The molecule has 5 heteroatoms. The molecule has 5 nitrogen and oxygen atoms in total. The van der Waals surface area contributed by atoms with Gasteiger partial charge in [-0.25, -0.2) is 9.59 Å². The van der Waals surface area contributed by atoms with Crippen molar-refractivity contribution in [3.63, 3.8) is 0 Å². The number of hydrogen-bond donors (Lipinski definition) is 1. The summed E-state index contributed by atoms with van der Waals surface area (Å²) in [5.74, 6) is -1.01. The minimum atomic E-state index is -1.01. The minimum Gasteiger partial charge on any atom is -0.479 e. The molecule has 1 unspecified atom stereocenters. The Balaban J connectivity index is 2.27. The van der Waals surface area contributed by atoms with Gasteiger partial charge in [-0.1, -0.05) is 19.1 Å². The molecule has 0 aliphatic carbocycles. The first-order valence-corrected chi connectivity index (χ1v) is 5.03. The molecule has 2 rings (SSSR count). The van der Waals surface area contributed by atoms with E-state index in [1.165, 1.54) is 11.0 Å². The van der Waals surface area contributed by atoms with Crippen molar-refractivity contribution in [2.45, 2.75) is 38.0 Å². The first kappa shape index (κ1) is 10.0. The number of carbonyl (C=O) groups is 2. The smallest absolute Gasteiger partial charge is 0.411 e. The number of ether oxygens (including phenoxy) is 1. The van der Waals surface area contributed by atoms with Gasteiger partial charge in [-0.2, -0.15) is 0 Å². The Labute approximate surface area is 87.3 Å². The summed E-state index contributed by atoms with van der Waals surface area (Å²) in [6.07, 6.45) is 4.05. The lowest BCUT2D eigenvalue weighted by molar-refractivity contribution is -0.141. The van der Waals surface area contributed by atoms with Gasteiger partial charge in [0.2, 0.25) is 0 Å². The number of carboxylic acid groups (broad SMARTS) is 1. The van der Waals surface area contributed by atoms with Crippen LogP contribution in [0.1, 0.15) is 19.8 Å². The Hall–Kier alpha value is -1.52. The van der Waals surface area contributed by atoms with Gasteiger partial charge in [0.25, 0.3) is 0 Å². The van der Waals surface area contributed by atoms with Gasteiger partial charge >= 0.3 is 12.1 Å². The fourth-order valence-corrected chi connectivity index (χ4v) is 2.16. The molecule has 0 spiro atoms. The Bertz CT molecular complexity index is 325. The summed E-state index contributed by atoms with van der Waals surface area (Å²) < 4.78 is 5.12. The van der Waals surface area contributed by atoms with Gasteiger partial charge in [0.05, 0.1) is 6.04 Å². The maximum absolute atomic E-state index is 11.5. The Morgan fingerprint density at radius 2 is 2.47 bits per heavy atom. The normalized spacial score (nSPS) is 33.8. The predicted molar refractivity (Wildman–Crippen MR) is 51.4 cm³/mol. The van der Waals surface area contributed by atoms with Crippen molar-refractivity contribution in [2.24, 2.45) is 0 Å². The van der Waals surface area contributed by atoms with Gasteiger partial charge in [-0.15, -0.1) is 0 Å².